The fourth-order valence-electron chi connectivity index (χ4n) is 3.26. The molecule has 1 amide bonds. The molecule has 25 heavy (non-hydrogen) atoms. The summed E-state index contributed by atoms with van der Waals surface area (Å²) in [6.45, 7) is 3.26. The van der Waals surface area contributed by atoms with Gasteiger partial charge in [0.1, 0.15) is 9.75 Å². The topological polar surface area (TPSA) is 59.5 Å². The SMILES string of the molecule is CC(OC(=O)C1(C)CC1(Cl)Cl)C(=O)N(c1nccs1)C1CCCCC1. The van der Waals surface area contributed by atoms with Crippen molar-refractivity contribution >= 4 is 51.5 Å². The molecule has 5 nitrogen and oxygen atoms in total. The lowest BCUT2D eigenvalue weighted by molar-refractivity contribution is -0.159. The Kier molecular flexibility index (Phi) is 5.33. The smallest absolute Gasteiger partial charge is 0.315 e. The summed E-state index contributed by atoms with van der Waals surface area (Å²) in [4.78, 5) is 31.4. The van der Waals surface area contributed by atoms with Gasteiger partial charge < -0.3 is 4.74 Å². The van der Waals surface area contributed by atoms with Crippen molar-refractivity contribution < 1.29 is 14.3 Å². The first kappa shape index (κ1) is 18.9. The van der Waals surface area contributed by atoms with Crippen LogP contribution in [0, 0.1) is 5.41 Å². The summed E-state index contributed by atoms with van der Waals surface area (Å²) in [5, 5.41) is 2.50. The summed E-state index contributed by atoms with van der Waals surface area (Å²) in [6.07, 6.45) is 6.36. The van der Waals surface area contributed by atoms with E-state index in [9.17, 15) is 9.59 Å². The van der Waals surface area contributed by atoms with E-state index in [1.165, 1.54) is 17.8 Å². The van der Waals surface area contributed by atoms with Crippen LogP contribution in [0.1, 0.15) is 52.4 Å². The first-order valence-electron chi connectivity index (χ1n) is 8.58. The van der Waals surface area contributed by atoms with Crippen molar-refractivity contribution in [2.75, 3.05) is 4.90 Å². The number of alkyl halides is 2. The Morgan fingerprint density at radius 3 is 2.52 bits per heavy atom. The van der Waals surface area contributed by atoms with Crippen molar-refractivity contribution in [3.05, 3.63) is 11.6 Å². The Labute approximate surface area is 161 Å². The maximum Gasteiger partial charge on any atom is 0.315 e. The second-order valence-corrected chi connectivity index (χ2v) is 9.43. The van der Waals surface area contributed by atoms with Gasteiger partial charge in [0.05, 0.1) is 0 Å². The van der Waals surface area contributed by atoms with Crippen LogP contribution in [0.2, 0.25) is 0 Å². The molecule has 2 fully saturated rings. The van der Waals surface area contributed by atoms with Crippen LogP contribution in [-0.4, -0.2) is 33.3 Å². The third-order valence-electron chi connectivity index (χ3n) is 5.14. The van der Waals surface area contributed by atoms with Gasteiger partial charge in [-0.05, 0) is 26.7 Å². The summed E-state index contributed by atoms with van der Waals surface area (Å²) < 4.78 is 4.32. The molecule has 0 N–H and O–H groups in total. The highest BCUT2D eigenvalue weighted by Crippen LogP contribution is 2.64. The molecule has 0 radical (unpaired) electrons. The van der Waals surface area contributed by atoms with E-state index >= 15 is 0 Å². The molecule has 138 valence electrons. The van der Waals surface area contributed by atoms with Crippen molar-refractivity contribution in [2.24, 2.45) is 5.41 Å². The Morgan fingerprint density at radius 1 is 1.36 bits per heavy atom. The van der Waals surface area contributed by atoms with E-state index in [4.69, 9.17) is 27.9 Å². The molecule has 1 heterocycles. The molecule has 0 bridgehead atoms. The number of anilines is 1. The number of rotatable bonds is 5. The largest absolute Gasteiger partial charge is 0.452 e. The third-order valence-corrected chi connectivity index (χ3v) is 7.01. The maximum atomic E-state index is 13.0. The number of amides is 1. The number of esters is 1. The van der Waals surface area contributed by atoms with E-state index in [0.29, 0.717) is 11.6 Å². The molecule has 2 unspecified atom stereocenters. The van der Waals surface area contributed by atoms with Crippen molar-refractivity contribution in [2.45, 2.75) is 68.9 Å². The molecule has 2 aliphatic rings. The van der Waals surface area contributed by atoms with Crippen LogP contribution in [0.3, 0.4) is 0 Å². The quantitative estimate of drug-likeness (QED) is 0.541. The van der Waals surface area contributed by atoms with Gasteiger partial charge in [-0.15, -0.1) is 34.5 Å². The summed E-state index contributed by atoms with van der Waals surface area (Å²) in [7, 11) is 0. The minimum absolute atomic E-state index is 0.102. The number of nitrogens with zero attached hydrogens (tertiary/aromatic N) is 2. The van der Waals surface area contributed by atoms with Gasteiger partial charge in [0, 0.05) is 24.0 Å². The van der Waals surface area contributed by atoms with Gasteiger partial charge in [-0.2, -0.15) is 0 Å². The average Bonchev–Trinajstić information content (AvgIpc) is 2.94. The number of carbonyl (C=O) groups is 2. The number of thiazole rings is 1. The van der Waals surface area contributed by atoms with Gasteiger partial charge in [0.25, 0.3) is 5.91 Å². The van der Waals surface area contributed by atoms with Crippen molar-refractivity contribution in [3.63, 3.8) is 0 Å². The Hall–Kier alpha value is -0.850. The number of carbonyl (C=O) groups excluding carboxylic acids is 2. The fourth-order valence-corrected chi connectivity index (χ4v) is 4.67. The minimum Gasteiger partial charge on any atom is -0.452 e. The highest BCUT2D eigenvalue weighted by atomic mass is 35.5. The van der Waals surface area contributed by atoms with Crippen molar-refractivity contribution in [1.29, 1.82) is 0 Å². The van der Waals surface area contributed by atoms with Crippen molar-refractivity contribution in [3.8, 4) is 0 Å². The summed E-state index contributed by atoms with van der Waals surface area (Å²) in [6, 6.07) is 0.102. The second kappa shape index (κ2) is 7.05. The summed E-state index contributed by atoms with van der Waals surface area (Å²) in [5.74, 6) is -0.768. The molecule has 3 rings (SSSR count). The molecule has 2 atom stereocenters. The van der Waals surface area contributed by atoms with Crippen LogP contribution in [0.4, 0.5) is 5.13 Å². The molecular formula is C17H22Cl2N2O3S. The van der Waals surface area contributed by atoms with E-state index in [1.54, 1.807) is 24.9 Å². The van der Waals surface area contributed by atoms with Crippen LogP contribution in [0.5, 0.6) is 0 Å². The zero-order valence-electron chi connectivity index (χ0n) is 14.3. The van der Waals surface area contributed by atoms with Gasteiger partial charge in [0.2, 0.25) is 0 Å². The minimum atomic E-state index is -1.11. The van der Waals surface area contributed by atoms with E-state index in [-0.39, 0.29) is 11.9 Å². The lowest BCUT2D eigenvalue weighted by Crippen LogP contribution is -2.47. The zero-order valence-corrected chi connectivity index (χ0v) is 16.7. The number of hydrogen-bond donors (Lipinski definition) is 0. The van der Waals surface area contributed by atoms with Crippen LogP contribution in [-0.2, 0) is 14.3 Å². The predicted molar refractivity (Wildman–Crippen MR) is 99.2 cm³/mol. The maximum absolute atomic E-state index is 13.0. The molecular weight excluding hydrogens is 383 g/mol. The van der Waals surface area contributed by atoms with Crippen LogP contribution in [0.15, 0.2) is 11.6 Å². The van der Waals surface area contributed by atoms with Crippen LogP contribution >= 0.6 is 34.5 Å². The van der Waals surface area contributed by atoms with Gasteiger partial charge >= 0.3 is 5.97 Å². The first-order valence-corrected chi connectivity index (χ1v) is 10.2. The Morgan fingerprint density at radius 2 is 2.00 bits per heavy atom. The summed E-state index contributed by atoms with van der Waals surface area (Å²) >= 11 is 13.5. The number of halogens is 2. The van der Waals surface area contributed by atoms with Gasteiger partial charge in [-0.1, -0.05) is 19.3 Å². The molecule has 1 aromatic heterocycles. The van der Waals surface area contributed by atoms with Crippen LogP contribution < -0.4 is 4.90 Å². The summed E-state index contributed by atoms with van der Waals surface area (Å²) in [5.41, 5.74) is -0.943. The van der Waals surface area contributed by atoms with E-state index in [1.807, 2.05) is 5.38 Å². The van der Waals surface area contributed by atoms with Crippen molar-refractivity contribution in [1.82, 2.24) is 4.98 Å². The molecule has 0 aliphatic heterocycles. The van der Waals surface area contributed by atoms with E-state index in [2.05, 4.69) is 4.98 Å². The van der Waals surface area contributed by atoms with E-state index in [0.717, 1.165) is 25.7 Å². The normalized spacial score (nSPS) is 26.7. The monoisotopic (exact) mass is 404 g/mol. The highest BCUT2D eigenvalue weighted by Gasteiger charge is 2.69. The molecule has 0 spiro atoms. The predicted octanol–water partition coefficient (Wildman–Crippen LogP) is 4.32. The fraction of sp³-hybridized carbons (Fsp3) is 0.706. The van der Waals surface area contributed by atoms with Crippen LogP contribution in [0.25, 0.3) is 0 Å². The number of hydrogen-bond acceptors (Lipinski definition) is 5. The zero-order chi connectivity index (χ0) is 18.2. The standard InChI is InChI=1S/C17H22Cl2N2O3S/c1-11(24-14(23)16(2)10-17(16,18)19)13(22)21(15-20-8-9-25-15)12-6-4-3-5-7-12/h8-9,11-12H,3-7,10H2,1-2H3. The lowest BCUT2D eigenvalue weighted by atomic mass is 9.94. The number of ether oxygens (including phenoxy) is 1. The second-order valence-electron chi connectivity index (χ2n) is 7.08. The molecule has 1 aromatic rings. The molecule has 0 aromatic carbocycles. The van der Waals surface area contributed by atoms with Gasteiger partial charge in [-0.25, -0.2) is 4.98 Å². The average molecular weight is 405 g/mol. The number of aromatic nitrogens is 1. The Balaban J connectivity index is 1.72. The molecule has 8 heteroatoms. The molecule has 0 saturated heterocycles. The highest BCUT2D eigenvalue weighted by molar-refractivity contribution is 7.13. The lowest BCUT2D eigenvalue weighted by Gasteiger charge is -2.34. The van der Waals surface area contributed by atoms with Gasteiger partial charge in [-0.3, -0.25) is 14.5 Å². The molecule has 2 saturated carbocycles. The Bertz CT molecular complexity index is 646. The van der Waals surface area contributed by atoms with E-state index < -0.39 is 21.8 Å². The molecule has 2 aliphatic carbocycles. The third kappa shape index (κ3) is 3.67. The van der Waals surface area contributed by atoms with Gasteiger partial charge in [0.15, 0.2) is 11.2 Å². The first-order chi connectivity index (χ1) is 11.8.